The molecule has 0 saturated heterocycles. The van der Waals surface area contributed by atoms with E-state index in [0.717, 1.165) is 17.7 Å². The molecule has 0 bridgehead atoms. The number of amides is 1. The van der Waals surface area contributed by atoms with Crippen molar-refractivity contribution in [2.45, 2.75) is 45.1 Å². The van der Waals surface area contributed by atoms with E-state index in [1.54, 1.807) is 18.7 Å². The molecule has 0 radical (unpaired) electrons. The zero-order valence-electron chi connectivity index (χ0n) is 15.3. The molecule has 1 aliphatic rings. The molecule has 1 aromatic carbocycles. The van der Waals surface area contributed by atoms with Crippen LogP contribution >= 0.6 is 0 Å². The summed E-state index contributed by atoms with van der Waals surface area (Å²) in [5.74, 6) is -0.0284. The third-order valence-electron chi connectivity index (χ3n) is 4.78. The standard InChI is InChI=1S/C20H25N3O3/c1-20(2,26)9-6-14-4-3-5-15(12-14)19(25)23-10-7-16-17(8-11-23)21-13-22-18(16)24/h3-5,12-13,26H,6-11H2,1-2H3,(H,21,22,24). The van der Waals surface area contributed by atoms with Gasteiger partial charge in [0, 0.05) is 30.6 Å². The van der Waals surface area contributed by atoms with Gasteiger partial charge in [-0.05, 0) is 50.8 Å². The summed E-state index contributed by atoms with van der Waals surface area (Å²) in [6, 6.07) is 7.58. The summed E-state index contributed by atoms with van der Waals surface area (Å²) in [6.45, 7) is 4.63. The normalized spacial score (nSPS) is 14.7. The largest absolute Gasteiger partial charge is 0.390 e. The van der Waals surface area contributed by atoms with Crippen LogP contribution in [0.4, 0.5) is 0 Å². The van der Waals surface area contributed by atoms with Gasteiger partial charge in [0.1, 0.15) is 0 Å². The summed E-state index contributed by atoms with van der Waals surface area (Å²) in [5.41, 5.74) is 2.30. The van der Waals surface area contributed by atoms with Crippen molar-refractivity contribution in [2.24, 2.45) is 0 Å². The molecule has 26 heavy (non-hydrogen) atoms. The summed E-state index contributed by atoms with van der Waals surface area (Å²) in [4.78, 5) is 33.5. The molecule has 2 N–H and O–H groups in total. The van der Waals surface area contributed by atoms with Crippen LogP contribution in [-0.4, -0.2) is 44.6 Å². The second kappa shape index (κ2) is 7.41. The van der Waals surface area contributed by atoms with Gasteiger partial charge in [0.05, 0.1) is 17.6 Å². The smallest absolute Gasteiger partial charge is 0.254 e. The van der Waals surface area contributed by atoms with E-state index >= 15 is 0 Å². The molecular formula is C20H25N3O3. The first-order valence-electron chi connectivity index (χ1n) is 8.99. The van der Waals surface area contributed by atoms with Crippen molar-refractivity contribution >= 4 is 5.91 Å². The zero-order valence-corrected chi connectivity index (χ0v) is 15.3. The molecule has 0 unspecified atom stereocenters. The average Bonchev–Trinajstić information content (AvgIpc) is 2.83. The van der Waals surface area contributed by atoms with E-state index < -0.39 is 5.60 Å². The maximum absolute atomic E-state index is 12.9. The third-order valence-corrected chi connectivity index (χ3v) is 4.78. The Morgan fingerprint density at radius 1 is 1.31 bits per heavy atom. The summed E-state index contributed by atoms with van der Waals surface area (Å²) in [5, 5.41) is 9.89. The van der Waals surface area contributed by atoms with Gasteiger partial charge in [-0.25, -0.2) is 4.98 Å². The number of fused-ring (bicyclic) bond motifs is 1. The van der Waals surface area contributed by atoms with Gasteiger partial charge in [0.15, 0.2) is 0 Å². The Labute approximate surface area is 152 Å². The van der Waals surface area contributed by atoms with Crippen LogP contribution in [-0.2, 0) is 19.3 Å². The van der Waals surface area contributed by atoms with Gasteiger partial charge in [-0.3, -0.25) is 9.59 Å². The molecule has 1 aliphatic heterocycles. The number of benzene rings is 1. The predicted molar refractivity (Wildman–Crippen MR) is 99.2 cm³/mol. The Kier molecular flexibility index (Phi) is 5.23. The second-order valence-corrected chi connectivity index (χ2v) is 7.46. The fraction of sp³-hybridized carbons (Fsp3) is 0.450. The Hall–Kier alpha value is -2.47. The number of H-pyrrole nitrogens is 1. The lowest BCUT2D eigenvalue weighted by Crippen LogP contribution is -2.33. The lowest BCUT2D eigenvalue weighted by molar-refractivity contribution is 0.0714. The van der Waals surface area contributed by atoms with Crippen molar-refractivity contribution in [1.82, 2.24) is 14.9 Å². The monoisotopic (exact) mass is 355 g/mol. The van der Waals surface area contributed by atoms with Crippen LogP contribution in [0.3, 0.4) is 0 Å². The minimum atomic E-state index is -0.726. The molecule has 1 aromatic heterocycles. The van der Waals surface area contributed by atoms with Gasteiger partial charge >= 0.3 is 0 Å². The van der Waals surface area contributed by atoms with Crippen molar-refractivity contribution in [1.29, 1.82) is 0 Å². The Balaban J connectivity index is 1.72. The number of carbonyl (C=O) groups excluding carboxylic acids is 1. The lowest BCUT2D eigenvalue weighted by atomic mass is 9.97. The number of hydrogen-bond donors (Lipinski definition) is 2. The van der Waals surface area contributed by atoms with Crippen LogP contribution in [0.15, 0.2) is 35.4 Å². The molecule has 2 aromatic rings. The second-order valence-electron chi connectivity index (χ2n) is 7.46. The minimum Gasteiger partial charge on any atom is -0.390 e. The van der Waals surface area contributed by atoms with E-state index in [0.29, 0.717) is 43.5 Å². The van der Waals surface area contributed by atoms with Crippen LogP contribution in [0.1, 0.15) is 47.4 Å². The summed E-state index contributed by atoms with van der Waals surface area (Å²) in [6.07, 6.45) is 3.88. The first-order valence-corrected chi connectivity index (χ1v) is 8.99. The highest BCUT2D eigenvalue weighted by atomic mass is 16.3. The molecule has 6 nitrogen and oxygen atoms in total. The van der Waals surface area contributed by atoms with E-state index in [1.165, 1.54) is 6.33 Å². The Morgan fingerprint density at radius 2 is 2.08 bits per heavy atom. The van der Waals surface area contributed by atoms with Crippen LogP contribution < -0.4 is 5.56 Å². The highest BCUT2D eigenvalue weighted by Gasteiger charge is 2.22. The molecule has 0 atom stereocenters. The van der Waals surface area contributed by atoms with Crippen molar-refractivity contribution in [3.05, 3.63) is 63.3 Å². The first kappa shape index (κ1) is 18.3. The number of hydrogen-bond acceptors (Lipinski definition) is 4. The van der Waals surface area contributed by atoms with Gasteiger partial charge in [-0.1, -0.05) is 12.1 Å². The molecule has 2 heterocycles. The topological polar surface area (TPSA) is 86.3 Å². The van der Waals surface area contributed by atoms with Crippen molar-refractivity contribution in [3.8, 4) is 0 Å². The molecule has 0 aliphatic carbocycles. The molecule has 1 amide bonds. The van der Waals surface area contributed by atoms with E-state index in [1.807, 2.05) is 24.3 Å². The van der Waals surface area contributed by atoms with Crippen LogP contribution in [0.5, 0.6) is 0 Å². The first-order chi connectivity index (χ1) is 12.3. The SMILES string of the molecule is CC(C)(O)CCc1cccc(C(=O)N2CCc3nc[nH]c(=O)c3CC2)c1. The van der Waals surface area contributed by atoms with Crippen LogP contribution in [0.2, 0.25) is 0 Å². The fourth-order valence-corrected chi connectivity index (χ4v) is 3.23. The molecule has 0 fully saturated rings. The maximum Gasteiger partial charge on any atom is 0.254 e. The molecular weight excluding hydrogens is 330 g/mol. The quantitative estimate of drug-likeness (QED) is 0.874. The average molecular weight is 355 g/mol. The van der Waals surface area contributed by atoms with Gasteiger partial charge in [-0.15, -0.1) is 0 Å². The molecule has 3 rings (SSSR count). The summed E-state index contributed by atoms with van der Waals surface area (Å²) in [7, 11) is 0. The fourth-order valence-electron chi connectivity index (χ4n) is 3.23. The van der Waals surface area contributed by atoms with Crippen molar-refractivity contribution in [3.63, 3.8) is 0 Å². The number of aromatic amines is 1. The minimum absolute atomic E-state index is 0.0284. The number of rotatable bonds is 4. The van der Waals surface area contributed by atoms with E-state index in [9.17, 15) is 14.7 Å². The molecule has 0 spiro atoms. The number of nitrogens with zero attached hydrogens (tertiary/aromatic N) is 2. The number of carbonyl (C=O) groups is 1. The maximum atomic E-state index is 12.9. The number of aromatic nitrogens is 2. The van der Waals surface area contributed by atoms with Crippen molar-refractivity contribution < 1.29 is 9.90 Å². The van der Waals surface area contributed by atoms with Crippen LogP contribution in [0, 0.1) is 0 Å². The van der Waals surface area contributed by atoms with Gasteiger partial charge < -0.3 is 15.0 Å². The van der Waals surface area contributed by atoms with E-state index in [2.05, 4.69) is 9.97 Å². The van der Waals surface area contributed by atoms with E-state index in [4.69, 9.17) is 0 Å². The lowest BCUT2D eigenvalue weighted by Gasteiger charge is -2.21. The summed E-state index contributed by atoms with van der Waals surface area (Å²) < 4.78 is 0. The van der Waals surface area contributed by atoms with Gasteiger partial charge in [0.2, 0.25) is 0 Å². The molecule has 138 valence electrons. The number of aliphatic hydroxyl groups is 1. The number of aryl methyl sites for hydroxylation is 1. The van der Waals surface area contributed by atoms with Crippen molar-refractivity contribution in [2.75, 3.05) is 13.1 Å². The highest BCUT2D eigenvalue weighted by Crippen LogP contribution is 2.17. The van der Waals surface area contributed by atoms with Gasteiger partial charge in [0.25, 0.3) is 11.5 Å². The number of nitrogens with one attached hydrogen (secondary N) is 1. The molecule has 6 heteroatoms. The Bertz CT molecular complexity index is 852. The highest BCUT2D eigenvalue weighted by molar-refractivity contribution is 5.94. The Morgan fingerprint density at radius 3 is 2.85 bits per heavy atom. The van der Waals surface area contributed by atoms with Crippen LogP contribution in [0.25, 0.3) is 0 Å². The summed E-state index contributed by atoms with van der Waals surface area (Å²) >= 11 is 0. The van der Waals surface area contributed by atoms with E-state index in [-0.39, 0.29) is 11.5 Å². The zero-order chi connectivity index (χ0) is 18.7. The van der Waals surface area contributed by atoms with Gasteiger partial charge in [-0.2, -0.15) is 0 Å². The molecule has 0 saturated carbocycles. The predicted octanol–water partition coefficient (Wildman–Crippen LogP) is 1.71. The third kappa shape index (κ3) is 4.38.